The Morgan fingerprint density at radius 1 is 1.00 bits per heavy atom. The summed E-state index contributed by atoms with van der Waals surface area (Å²) in [6.45, 7) is 0. The van der Waals surface area contributed by atoms with Gasteiger partial charge >= 0.3 is 5.97 Å². The van der Waals surface area contributed by atoms with Gasteiger partial charge in [-0.05, 0) is 71.1 Å². The van der Waals surface area contributed by atoms with Gasteiger partial charge in [0.05, 0.1) is 10.5 Å². The van der Waals surface area contributed by atoms with Crippen molar-refractivity contribution < 1.29 is 22.5 Å². The summed E-state index contributed by atoms with van der Waals surface area (Å²) in [6.07, 6.45) is 0. The van der Waals surface area contributed by atoms with Gasteiger partial charge in [0.1, 0.15) is 5.75 Å². The van der Waals surface area contributed by atoms with E-state index in [1.54, 1.807) is 24.3 Å². The second kappa shape index (κ2) is 5.90. The van der Waals surface area contributed by atoms with Crippen molar-refractivity contribution in [2.45, 2.75) is 4.90 Å². The Hall–Kier alpha value is -1.45. The van der Waals surface area contributed by atoms with Crippen molar-refractivity contribution >= 4 is 38.7 Å². The average molecular weight is 404 g/mol. The molecule has 2 rings (SSSR count). The Morgan fingerprint density at radius 3 is 2.05 bits per heavy atom. The molecule has 1 N–H and O–H groups in total. The van der Waals surface area contributed by atoms with E-state index in [2.05, 4.69) is 22.6 Å². The second-order valence-corrected chi connectivity index (χ2v) is 6.51. The Labute approximate surface area is 129 Å². The molecule has 0 heterocycles. The van der Waals surface area contributed by atoms with E-state index in [4.69, 9.17) is 9.29 Å². The first-order valence-corrected chi connectivity index (χ1v) is 7.93. The summed E-state index contributed by atoms with van der Waals surface area (Å²) in [5.74, 6) is -0.345. The number of carbonyl (C=O) groups is 1. The molecule has 0 aromatic heterocycles. The number of carbonyl (C=O) groups excluding carboxylic acids is 1. The molecule has 0 aliphatic heterocycles. The van der Waals surface area contributed by atoms with Crippen LogP contribution in [0.25, 0.3) is 0 Å². The molecule has 5 nitrogen and oxygen atoms in total. The highest BCUT2D eigenvalue weighted by Crippen LogP contribution is 2.17. The van der Waals surface area contributed by atoms with E-state index >= 15 is 0 Å². The molecule has 0 aliphatic rings. The molecule has 0 saturated heterocycles. The maximum Gasteiger partial charge on any atom is 0.343 e. The number of benzene rings is 2. The molecular formula is C13H9IO5S. The number of hydrogen-bond acceptors (Lipinski definition) is 4. The van der Waals surface area contributed by atoms with Gasteiger partial charge in [-0.1, -0.05) is 0 Å². The highest BCUT2D eigenvalue weighted by atomic mass is 127. The fourth-order valence-electron chi connectivity index (χ4n) is 1.43. The Kier molecular flexibility index (Phi) is 4.41. The smallest absolute Gasteiger partial charge is 0.343 e. The van der Waals surface area contributed by atoms with Crippen molar-refractivity contribution in [2.75, 3.05) is 0 Å². The topological polar surface area (TPSA) is 80.7 Å². The molecule has 0 bridgehead atoms. The van der Waals surface area contributed by atoms with Crippen molar-refractivity contribution in [1.82, 2.24) is 0 Å². The molecule has 0 aliphatic carbocycles. The van der Waals surface area contributed by atoms with Crippen LogP contribution in [0, 0.1) is 3.57 Å². The minimum absolute atomic E-state index is 0.195. The molecule has 0 unspecified atom stereocenters. The van der Waals surface area contributed by atoms with Gasteiger partial charge in [-0.15, -0.1) is 0 Å². The fraction of sp³-hybridized carbons (Fsp3) is 0. The highest BCUT2D eigenvalue weighted by Gasteiger charge is 2.11. The Morgan fingerprint density at radius 2 is 1.55 bits per heavy atom. The Bertz CT molecular complexity index is 720. The van der Waals surface area contributed by atoms with E-state index in [1.807, 2.05) is 0 Å². The van der Waals surface area contributed by atoms with Crippen LogP contribution in [0.1, 0.15) is 10.4 Å². The molecule has 104 valence electrons. The van der Waals surface area contributed by atoms with Crippen LogP contribution in [-0.4, -0.2) is 18.9 Å². The van der Waals surface area contributed by atoms with Gasteiger partial charge in [0.25, 0.3) is 10.1 Å². The third kappa shape index (κ3) is 3.78. The maximum atomic E-state index is 11.8. The lowest BCUT2D eigenvalue weighted by Gasteiger charge is -2.05. The first-order valence-electron chi connectivity index (χ1n) is 5.41. The molecule has 0 saturated carbocycles. The molecule has 0 spiro atoms. The van der Waals surface area contributed by atoms with Crippen molar-refractivity contribution in [1.29, 1.82) is 0 Å². The third-order valence-electron chi connectivity index (χ3n) is 2.41. The molecule has 0 fully saturated rings. The zero-order valence-corrected chi connectivity index (χ0v) is 13.0. The summed E-state index contributed by atoms with van der Waals surface area (Å²) in [7, 11) is -4.25. The number of rotatable bonds is 3. The lowest BCUT2D eigenvalue weighted by molar-refractivity contribution is 0.0734. The van der Waals surface area contributed by atoms with Crippen molar-refractivity contribution in [3.05, 3.63) is 57.7 Å². The quantitative estimate of drug-likeness (QED) is 0.368. The van der Waals surface area contributed by atoms with Crippen LogP contribution < -0.4 is 4.74 Å². The monoisotopic (exact) mass is 404 g/mol. The average Bonchev–Trinajstić information content (AvgIpc) is 2.39. The normalized spacial score (nSPS) is 11.1. The standard InChI is InChI=1S/C13H9IO5S/c14-10-3-1-9(2-4-10)13(15)19-11-5-7-12(8-6-11)20(16,17)18/h1-8H,(H,16,17,18). The van der Waals surface area contributed by atoms with Gasteiger partial charge in [-0.2, -0.15) is 8.42 Å². The Balaban J connectivity index is 2.14. The number of hydrogen-bond donors (Lipinski definition) is 1. The lowest BCUT2D eigenvalue weighted by Crippen LogP contribution is -2.08. The fourth-order valence-corrected chi connectivity index (χ4v) is 2.27. The summed E-state index contributed by atoms with van der Waals surface area (Å²) in [6, 6.07) is 11.7. The van der Waals surface area contributed by atoms with Crippen LogP contribution in [0.4, 0.5) is 0 Å². The van der Waals surface area contributed by atoms with Crippen molar-refractivity contribution in [3.8, 4) is 5.75 Å². The molecule has 20 heavy (non-hydrogen) atoms. The van der Waals surface area contributed by atoms with Crippen LogP contribution in [0.5, 0.6) is 5.75 Å². The van der Waals surface area contributed by atoms with E-state index in [0.29, 0.717) is 5.56 Å². The predicted molar refractivity (Wildman–Crippen MR) is 80.4 cm³/mol. The minimum atomic E-state index is -4.25. The van der Waals surface area contributed by atoms with Gasteiger partial charge < -0.3 is 4.74 Å². The molecule has 2 aromatic rings. The van der Waals surface area contributed by atoms with E-state index in [9.17, 15) is 13.2 Å². The summed E-state index contributed by atoms with van der Waals surface area (Å²) in [5.41, 5.74) is 0.393. The molecule has 7 heteroatoms. The van der Waals surface area contributed by atoms with E-state index in [0.717, 1.165) is 15.7 Å². The largest absolute Gasteiger partial charge is 0.423 e. The van der Waals surface area contributed by atoms with Crippen LogP contribution in [0.15, 0.2) is 53.4 Å². The van der Waals surface area contributed by atoms with E-state index in [-0.39, 0.29) is 10.6 Å². The van der Waals surface area contributed by atoms with Crippen LogP contribution >= 0.6 is 22.6 Å². The first-order chi connectivity index (χ1) is 9.36. The molecule has 2 aromatic carbocycles. The summed E-state index contributed by atoms with van der Waals surface area (Å²) < 4.78 is 36.7. The zero-order chi connectivity index (χ0) is 14.8. The summed E-state index contributed by atoms with van der Waals surface area (Å²) in [5, 5.41) is 0. The maximum absolute atomic E-state index is 11.8. The van der Waals surface area contributed by atoms with E-state index in [1.165, 1.54) is 12.1 Å². The minimum Gasteiger partial charge on any atom is -0.423 e. The second-order valence-electron chi connectivity index (χ2n) is 3.84. The van der Waals surface area contributed by atoms with Crippen molar-refractivity contribution in [3.63, 3.8) is 0 Å². The van der Waals surface area contributed by atoms with Gasteiger partial charge in [-0.25, -0.2) is 4.79 Å². The van der Waals surface area contributed by atoms with Gasteiger partial charge in [0, 0.05) is 3.57 Å². The molecule has 0 radical (unpaired) electrons. The first kappa shape index (κ1) is 14.9. The molecular weight excluding hydrogens is 395 g/mol. The van der Waals surface area contributed by atoms with Crippen molar-refractivity contribution in [2.24, 2.45) is 0 Å². The van der Waals surface area contributed by atoms with Crippen LogP contribution in [-0.2, 0) is 10.1 Å². The number of esters is 1. The third-order valence-corrected chi connectivity index (χ3v) is 4.00. The van der Waals surface area contributed by atoms with Gasteiger partial charge in [0.15, 0.2) is 0 Å². The van der Waals surface area contributed by atoms with E-state index < -0.39 is 16.1 Å². The van der Waals surface area contributed by atoms with Gasteiger partial charge in [-0.3, -0.25) is 4.55 Å². The van der Waals surface area contributed by atoms with Gasteiger partial charge in [0.2, 0.25) is 0 Å². The molecule has 0 amide bonds. The zero-order valence-electron chi connectivity index (χ0n) is 9.99. The summed E-state index contributed by atoms with van der Waals surface area (Å²) in [4.78, 5) is 11.6. The predicted octanol–water partition coefficient (Wildman–Crippen LogP) is 2.76. The summed E-state index contributed by atoms with van der Waals surface area (Å²) >= 11 is 2.12. The SMILES string of the molecule is O=C(Oc1ccc(S(=O)(=O)O)cc1)c1ccc(I)cc1. The lowest BCUT2D eigenvalue weighted by atomic mass is 10.2. The number of halogens is 1. The molecule has 0 atom stereocenters. The van der Waals surface area contributed by atoms with Crippen LogP contribution in [0.2, 0.25) is 0 Å². The highest BCUT2D eigenvalue weighted by molar-refractivity contribution is 14.1. The van der Waals surface area contributed by atoms with Crippen LogP contribution in [0.3, 0.4) is 0 Å². The number of ether oxygens (including phenoxy) is 1.